The Hall–Kier alpha value is -0.940. The summed E-state index contributed by atoms with van der Waals surface area (Å²) in [5.74, 6) is 1.67. The average Bonchev–Trinajstić information content (AvgIpc) is 3.14. The van der Waals surface area contributed by atoms with E-state index in [-0.39, 0.29) is 24.0 Å². The second kappa shape index (κ2) is 10.8. The summed E-state index contributed by atoms with van der Waals surface area (Å²) in [6.07, 6.45) is 4.03. The molecule has 0 spiro atoms. The van der Waals surface area contributed by atoms with Crippen molar-refractivity contribution in [1.29, 1.82) is 0 Å². The summed E-state index contributed by atoms with van der Waals surface area (Å²) in [7, 11) is 5.41. The van der Waals surface area contributed by atoms with E-state index in [1.807, 2.05) is 7.05 Å². The molecule has 132 valence electrons. The Balaban J connectivity index is 0.00000264. The van der Waals surface area contributed by atoms with Crippen LogP contribution in [0.4, 0.5) is 0 Å². The van der Waals surface area contributed by atoms with Crippen molar-refractivity contribution in [1.82, 2.24) is 30.3 Å². The lowest BCUT2D eigenvalue weighted by atomic mass is 10.2. The first-order valence-electron chi connectivity index (χ1n) is 7.75. The highest BCUT2D eigenvalue weighted by molar-refractivity contribution is 14.0. The van der Waals surface area contributed by atoms with E-state index in [2.05, 4.69) is 30.6 Å². The van der Waals surface area contributed by atoms with Crippen molar-refractivity contribution in [2.24, 2.45) is 12.0 Å². The first-order valence-corrected chi connectivity index (χ1v) is 7.75. The largest absolute Gasteiger partial charge is 0.383 e. The number of rotatable bonds is 7. The van der Waals surface area contributed by atoms with Gasteiger partial charge in [0, 0.05) is 40.3 Å². The highest BCUT2D eigenvalue weighted by Gasteiger charge is 2.23. The van der Waals surface area contributed by atoms with Crippen LogP contribution in [-0.4, -0.2) is 72.1 Å². The molecule has 8 nitrogen and oxygen atoms in total. The third-order valence-corrected chi connectivity index (χ3v) is 4.03. The Morgan fingerprint density at radius 2 is 2.30 bits per heavy atom. The first kappa shape index (κ1) is 20.1. The van der Waals surface area contributed by atoms with Crippen molar-refractivity contribution in [3.63, 3.8) is 0 Å². The molecule has 2 heterocycles. The van der Waals surface area contributed by atoms with Gasteiger partial charge in [-0.2, -0.15) is 5.10 Å². The maximum absolute atomic E-state index is 5.18. The van der Waals surface area contributed by atoms with Crippen molar-refractivity contribution >= 4 is 29.9 Å². The fourth-order valence-electron chi connectivity index (χ4n) is 2.71. The number of halogens is 1. The van der Waals surface area contributed by atoms with Gasteiger partial charge in [0.25, 0.3) is 0 Å². The fourth-order valence-corrected chi connectivity index (χ4v) is 2.71. The number of likely N-dealkylation sites (tertiary alicyclic amines) is 1. The van der Waals surface area contributed by atoms with Gasteiger partial charge in [0.15, 0.2) is 5.96 Å². The zero-order valence-corrected chi connectivity index (χ0v) is 16.5. The molecule has 1 aromatic rings. The number of guanidine groups is 1. The van der Waals surface area contributed by atoms with Gasteiger partial charge in [0.05, 0.1) is 13.2 Å². The van der Waals surface area contributed by atoms with Crippen molar-refractivity contribution in [2.75, 3.05) is 40.4 Å². The van der Waals surface area contributed by atoms with E-state index in [0.717, 1.165) is 38.0 Å². The van der Waals surface area contributed by atoms with Crippen LogP contribution in [0, 0.1) is 0 Å². The predicted molar refractivity (Wildman–Crippen MR) is 101 cm³/mol. The van der Waals surface area contributed by atoms with Crippen LogP contribution in [0.3, 0.4) is 0 Å². The molecule has 1 unspecified atom stereocenters. The van der Waals surface area contributed by atoms with Crippen LogP contribution in [-0.2, 0) is 18.3 Å². The fraction of sp³-hybridized carbons (Fsp3) is 0.786. The summed E-state index contributed by atoms with van der Waals surface area (Å²) in [5, 5.41) is 10.7. The van der Waals surface area contributed by atoms with Crippen LogP contribution >= 0.6 is 24.0 Å². The molecule has 0 aromatic carbocycles. The van der Waals surface area contributed by atoms with Gasteiger partial charge in [0.2, 0.25) is 0 Å². The molecule has 0 saturated carbocycles. The molecule has 9 heteroatoms. The smallest absolute Gasteiger partial charge is 0.191 e. The number of nitrogens with zero attached hydrogens (tertiary/aromatic N) is 5. The minimum absolute atomic E-state index is 0. The van der Waals surface area contributed by atoms with Crippen LogP contribution in [0.15, 0.2) is 11.3 Å². The second-order valence-corrected chi connectivity index (χ2v) is 5.43. The highest BCUT2D eigenvalue weighted by atomic mass is 127. The number of ether oxygens (including phenoxy) is 1. The Kier molecular flexibility index (Phi) is 9.41. The van der Waals surface area contributed by atoms with Gasteiger partial charge in [-0.3, -0.25) is 14.6 Å². The quantitative estimate of drug-likeness (QED) is 0.361. The van der Waals surface area contributed by atoms with Crippen LogP contribution in [0.25, 0.3) is 0 Å². The van der Waals surface area contributed by atoms with Gasteiger partial charge in [-0.15, -0.1) is 24.0 Å². The minimum atomic E-state index is 0. The minimum Gasteiger partial charge on any atom is -0.383 e. The molecule has 1 fully saturated rings. The summed E-state index contributed by atoms with van der Waals surface area (Å²) in [4.78, 5) is 10.9. The first-order chi connectivity index (χ1) is 10.7. The molecule has 23 heavy (non-hydrogen) atoms. The average molecular weight is 437 g/mol. The number of aromatic nitrogens is 3. The molecular formula is C14H28IN7O. The third-order valence-electron chi connectivity index (χ3n) is 4.03. The molecule has 1 aliphatic rings. The van der Waals surface area contributed by atoms with E-state index >= 15 is 0 Å². The summed E-state index contributed by atoms with van der Waals surface area (Å²) < 4.78 is 6.93. The monoisotopic (exact) mass is 437 g/mol. The Bertz CT molecular complexity index is 479. The van der Waals surface area contributed by atoms with Crippen molar-refractivity contribution in [3.05, 3.63) is 12.2 Å². The van der Waals surface area contributed by atoms with Crippen molar-refractivity contribution in [3.8, 4) is 0 Å². The number of aliphatic imine (C=N–C) groups is 1. The van der Waals surface area contributed by atoms with Gasteiger partial charge in [-0.25, -0.2) is 4.98 Å². The Morgan fingerprint density at radius 3 is 2.96 bits per heavy atom. The molecule has 0 radical (unpaired) electrons. The van der Waals surface area contributed by atoms with Gasteiger partial charge < -0.3 is 15.4 Å². The summed E-state index contributed by atoms with van der Waals surface area (Å²) in [6.45, 7) is 4.43. The molecule has 1 aromatic heterocycles. The van der Waals surface area contributed by atoms with Crippen molar-refractivity contribution < 1.29 is 4.74 Å². The highest BCUT2D eigenvalue weighted by Crippen LogP contribution is 2.15. The number of nitrogens with one attached hydrogen (secondary N) is 2. The van der Waals surface area contributed by atoms with Crippen LogP contribution < -0.4 is 10.6 Å². The standard InChI is InChI=1S/C14H27N7O.HI/c1-15-14(17-10-13-18-11-19-20(13)2)16-9-12-5-4-6-21(12)7-8-22-3;/h11-12H,4-10H2,1-3H3,(H2,15,16,17);1H. The normalized spacial score (nSPS) is 18.7. The lowest BCUT2D eigenvalue weighted by Gasteiger charge is -2.25. The SMILES string of the molecule is CN=C(NCc1ncnn1C)NCC1CCCN1CCOC.I. The second-order valence-electron chi connectivity index (χ2n) is 5.43. The third kappa shape index (κ3) is 6.22. The maximum Gasteiger partial charge on any atom is 0.191 e. The van der Waals surface area contributed by atoms with Gasteiger partial charge in [-0.05, 0) is 19.4 Å². The molecule has 1 aliphatic heterocycles. The molecule has 2 N–H and O–H groups in total. The number of aryl methyl sites for hydroxylation is 1. The van der Waals surface area contributed by atoms with Crippen LogP contribution in [0.5, 0.6) is 0 Å². The number of hydrogen-bond acceptors (Lipinski definition) is 5. The van der Waals surface area contributed by atoms with E-state index in [1.54, 1.807) is 25.2 Å². The zero-order valence-electron chi connectivity index (χ0n) is 14.2. The van der Waals surface area contributed by atoms with E-state index in [0.29, 0.717) is 12.6 Å². The Morgan fingerprint density at radius 1 is 1.48 bits per heavy atom. The zero-order chi connectivity index (χ0) is 15.8. The topological polar surface area (TPSA) is 79.6 Å². The summed E-state index contributed by atoms with van der Waals surface area (Å²) in [5.41, 5.74) is 0. The summed E-state index contributed by atoms with van der Waals surface area (Å²) in [6, 6.07) is 0.545. The van der Waals surface area contributed by atoms with Crippen molar-refractivity contribution in [2.45, 2.75) is 25.4 Å². The van der Waals surface area contributed by atoms with Gasteiger partial charge in [0.1, 0.15) is 12.2 Å². The molecule has 0 bridgehead atoms. The van der Waals surface area contributed by atoms with Gasteiger partial charge >= 0.3 is 0 Å². The molecule has 1 saturated heterocycles. The molecule has 1 atom stereocenters. The lowest BCUT2D eigenvalue weighted by molar-refractivity contribution is 0.141. The van der Waals surface area contributed by atoms with E-state index < -0.39 is 0 Å². The number of methoxy groups -OCH3 is 1. The molecule has 0 aliphatic carbocycles. The van der Waals surface area contributed by atoms with Gasteiger partial charge in [-0.1, -0.05) is 0 Å². The summed E-state index contributed by atoms with van der Waals surface area (Å²) >= 11 is 0. The predicted octanol–water partition coefficient (Wildman–Crippen LogP) is 0.209. The van der Waals surface area contributed by atoms with E-state index in [9.17, 15) is 0 Å². The number of hydrogen-bond donors (Lipinski definition) is 2. The molecular weight excluding hydrogens is 409 g/mol. The van der Waals surface area contributed by atoms with E-state index in [1.165, 1.54) is 12.8 Å². The molecule has 2 rings (SSSR count). The van der Waals surface area contributed by atoms with Crippen LogP contribution in [0.2, 0.25) is 0 Å². The Labute approximate surface area is 155 Å². The molecule has 0 amide bonds. The lowest BCUT2D eigenvalue weighted by Crippen LogP contribution is -2.45. The van der Waals surface area contributed by atoms with Crippen LogP contribution in [0.1, 0.15) is 18.7 Å². The maximum atomic E-state index is 5.18. The van der Waals surface area contributed by atoms with E-state index in [4.69, 9.17) is 4.74 Å².